The van der Waals surface area contributed by atoms with E-state index >= 15 is 0 Å². The van der Waals surface area contributed by atoms with Crippen LogP contribution in [0.1, 0.15) is 32.6 Å². The molecule has 3 nitrogen and oxygen atoms in total. The third-order valence-electron chi connectivity index (χ3n) is 4.12. The van der Waals surface area contributed by atoms with Crippen molar-refractivity contribution >= 4 is 10.8 Å². The monoisotopic (exact) mass is 258 g/mol. The van der Waals surface area contributed by atoms with Gasteiger partial charge in [0.05, 0.1) is 0 Å². The van der Waals surface area contributed by atoms with E-state index in [2.05, 4.69) is 17.1 Å². The van der Waals surface area contributed by atoms with Crippen LogP contribution in [0.5, 0.6) is 0 Å². The van der Waals surface area contributed by atoms with Crippen LogP contribution >= 0.6 is 0 Å². The van der Waals surface area contributed by atoms with Crippen LogP contribution in [0.2, 0.25) is 0 Å². The molecule has 1 saturated heterocycles. The zero-order chi connectivity index (χ0) is 12.3. The Hall–Kier alpha value is 0.0700. The van der Waals surface area contributed by atoms with Gasteiger partial charge in [-0.2, -0.15) is 0 Å². The minimum atomic E-state index is -0.666. The maximum Gasteiger partial charge on any atom is 0.0329 e. The van der Waals surface area contributed by atoms with Gasteiger partial charge in [-0.25, -0.2) is 0 Å². The fourth-order valence-corrected chi connectivity index (χ4v) is 3.01. The number of nitrogens with zero attached hydrogens (tertiary/aromatic N) is 1. The van der Waals surface area contributed by atoms with Crippen molar-refractivity contribution in [2.24, 2.45) is 5.92 Å². The van der Waals surface area contributed by atoms with Crippen molar-refractivity contribution in [3.05, 3.63) is 0 Å². The highest BCUT2D eigenvalue weighted by molar-refractivity contribution is 7.84. The highest BCUT2D eigenvalue weighted by atomic mass is 32.2. The molecule has 0 amide bonds. The third kappa shape index (κ3) is 4.34. The summed E-state index contributed by atoms with van der Waals surface area (Å²) in [5.41, 5.74) is 0. The van der Waals surface area contributed by atoms with Gasteiger partial charge in [0.25, 0.3) is 0 Å². The molecule has 1 aliphatic carbocycles. The molecule has 3 atom stereocenters. The van der Waals surface area contributed by atoms with Crippen LogP contribution in [0, 0.1) is 5.92 Å². The fourth-order valence-electron chi connectivity index (χ4n) is 2.57. The van der Waals surface area contributed by atoms with Gasteiger partial charge >= 0.3 is 0 Å². The first-order chi connectivity index (χ1) is 8.16. The summed E-state index contributed by atoms with van der Waals surface area (Å²) in [5, 5.41) is 4.02. The second-order valence-corrected chi connectivity index (χ2v) is 7.45. The van der Waals surface area contributed by atoms with Crippen molar-refractivity contribution in [2.45, 2.75) is 43.9 Å². The average molecular weight is 258 g/mol. The number of rotatable bonds is 5. The molecule has 0 aromatic heterocycles. The van der Waals surface area contributed by atoms with Crippen molar-refractivity contribution in [1.82, 2.24) is 10.2 Å². The predicted molar refractivity (Wildman–Crippen MR) is 73.7 cm³/mol. The zero-order valence-electron chi connectivity index (χ0n) is 11.2. The highest BCUT2D eigenvalue weighted by Gasteiger charge is 2.32. The van der Waals surface area contributed by atoms with E-state index in [9.17, 15) is 4.21 Å². The van der Waals surface area contributed by atoms with Crippen molar-refractivity contribution in [2.75, 3.05) is 32.4 Å². The molecular weight excluding hydrogens is 232 g/mol. The van der Waals surface area contributed by atoms with E-state index in [4.69, 9.17) is 0 Å². The molecule has 0 bridgehead atoms. The van der Waals surface area contributed by atoms with Crippen LogP contribution in [0.3, 0.4) is 0 Å². The molecule has 2 rings (SSSR count). The first-order valence-electron chi connectivity index (χ1n) is 6.95. The molecule has 0 spiro atoms. The standard InChI is InChI=1S/C13H26N2OS/c1-11(17(2)16)6-9-15-8-3-7-14-13(10-15)12-4-5-12/h11-14H,3-10H2,1-2H3. The molecule has 2 fully saturated rings. The Bertz CT molecular complexity index is 268. The predicted octanol–water partition coefficient (Wildman–Crippen LogP) is 1.22. The van der Waals surface area contributed by atoms with Gasteiger partial charge in [0.1, 0.15) is 0 Å². The Kier molecular flexibility index (Phi) is 5.00. The summed E-state index contributed by atoms with van der Waals surface area (Å²) in [6.07, 6.45) is 6.98. The summed E-state index contributed by atoms with van der Waals surface area (Å²) >= 11 is 0. The number of hydrogen-bond donors (Lipinski definition) is 1. The topological polar surface area (TPSA) is 32.3 Å². The maximum absolute atomic E-state index is 11.3. The molecular formula is C13H26N2OS. The van der Waals surface area contributed by atoms with Gasteiger partial charge in [-0.3, -0.25) is 4.21 Å². The summed E-state index contributed by atoms with van der Waals surface area (Å²) in [7, 11) is -0.666. The molecule has 17 heavy (non-hydrogen) atoms. The minimum absolute atomic E-state index is 0.339. The van der Waals surface area contributed by atoms with E-state index in [1.54, 1.807) is 0 Å². The molecule has 0 aromatic carbocycles. The highest BCUT2D eigenvalue weighted by Crippen LogP contribution is 2.33. The summed E-state index contributed by atoms with van der Waals surface area (Å²) in [6, 6.07) is 0.722. The fraction of sp³-hybridized carbons (Fsp3) is 1.00. The SMILES string of the molecule is CC(CCN1CCCNC(C2CC2)C1)S(C)=O. The van der Waals surface area contributed by atoms with E-state index < -0.39 is 10.8 Å². The Balaban J connectivity index is 1.76. The van der Waals surface area contributed by atoms with Gasteiger partial charge < -0.3 is 10.2 Å². The Morgan fingerprint density at radius 2 is 2.24 bits per heavy atom. The number of hydrogen-bond acceptors (Lipinski definition) is 3. The third-order valence-corrected chi connectivity index (χ3v) is 5.49. The second kappa shape index (κ2) is 6.30. The van der Waals surface area contributed by atoms with E-state index in [1.807, 2.05) is 6.26 Å². The minimum Gasteiger partial charge on any atom is -0.312 e. The van der Waals surface area contributed by atoms with Crippen molar-refractivity contribution < 1.29 is 4.21 Å². The van der Waals surface area contributed by atoms with Crippen LogP contribution < -0.4 is 5.32 Å². The molecule has 2 aliphatic rings. The summed E-state index contributed by atoms with van der Waals surface area (Å²) < 4.78 is 11.3. The van der Waals surface area contributed by atoms with Crippen LogP contribution in [0.4, 0.5) is 0 Å². The van der Waals surface area contributed by atoms with Gasteiger partial charge in [-0.1, -0.05) is 6.92 Å². The van der Waals surface area contributed by atoms with Gasteiger partial charge in [-0.15, -0.1) is 0 Å². The lowest BCUT2D eigenvalue weighted by Crippen LogP contribution is -2.40. The van der Waals surface area contributed by atoms with Gasteiger partial charge in [-0.05, 0) is 51.2 Å². The molecule has 100 valence electrons. The van der Waals surface area contributed by atoms with E-state index in [0.717, 1.165) is 24.9 Å². The van der Waals surface area contributed by atoms with Crippen LogP contribution in [-0.2, 0) is 10.8 Å². The van der Waals surface area contributed by atoms with Crippen LogP contribution in [-0.4, -0.2) is 52.8 Å². The molecule has 4 heteroatoms. The van der Waals surface area contributed by atoms with E-state index in [0.29, 0.717) is 5.25 Å². The molecule has 0 aromatic rings. The molecule has 1 heterocycles. The summed E-state index contributed by atoms with van der Waals surface area (Å²) in [6.45, 7) is 6.80. The average Bonchev–Trinajstić information content (AvgIpc) is 3.11. The van der Waals surface area contributed by atoms with Crippen molar-refractivity contribution in [3.8, 4) is 0 Å². The lowest BCUT2D eigenvalue weighted by molar-refractivity contribution is 0.255. The van der Waals surface area contributed by atoms with Gasteiger partial charge in [0.2, 0.25) is 0 Å². The molecule has 1 N–H and O–H groups in total. The van der Waals surface area contributed by atoms with Crippen LogP contribution in [0.25, 0.3) is 0 Å². The molecule has 0 radical (unpaired) electrons. The van der Waals surface area contributed by atoms with Gasteiger partial charge in [0.15, 0.2) is 0 Å². The summed E-state index contributed by atoms with van der Waals surface area (Å²) in [4.78, 5) is 2.58. The van der Waals surface area contributed by atoms with E-state index in [1.165, 1.54) is 38.9 Å². The van der Waals surface area contributed by atoms with Crippen LogP contribution in [0.15, 0.2) is 0 Å². The van der Waals surface area contributed by atoms with Gasteiger partial charge in [0, 0.05) is 34.9 Å². The van der Waals surface area contributed by atoms with Crippen molar-refractivity contribution in [1.29, 1.82) is 0 Å². The summed E-state index contributed by atoms with van der Waals surface area (Å²) in [5.74, 6) is 0.938. The zero-order valence-corrected chi connectivity index (χ0v) is 12.0. The maximum atomic E-state index is 11.3. The number of nitrogens with one attached hydrogen (secondary N) is 1. The Morgan fingerprint density at radius 3 is 2.88 bits per heavy atom. The quantitative estimate of drug-likeness (QED) is 0.805. The lowest BCUT2D eigenvalue weighted by Gasteiger charge is -2.25. The lowest BCUT2D eigenvalue weighted by atomic mass is 10.1. The molecule has 1 aliphatic heterocycles. The Morgan fingerprint density at radius 1 is 1.47 bits per heavy atom. The molecule has 3 unspecified atom stereocenters. The normalized spacial score (nSPS) is 30.8. The first kappa shape index (κ1) is 13.5. The second-order valence-electron chi connectivity index (χ2n) is 5.65. The first-order valence-corrected chi connectivity index (χ1v) is 8.57. The molecule has 1 saturated carbocycles. The largest absolute Gasteiger partial charge is 0.312 e. The Labute approximate surface area is 108 Å². The van der Waals surface area contributed by atoms with Crippen molar-refractivity contribution in [3.63, 3.8) is 0 Å². The smallest absolute Gasteiger partial charge is 0.0329 e. The van der Waals surface area contributed by atoms with E-state index in [-0.39, 0.29) is 0 Å².